The highest BCUT2D eigenvalue weighted by molar-refractivity contribution is 5.82. The molecule has 0 radical (unpaired) electrons. The molecular weight excluding hydrogens is 182 g/mol. The number of rotatable bonds is 3. The van der Waals surface area contributed by atoms with Crippen LogP contribution in [-0.4, -0.2) is 42.9 Å². The third-order valence-electron chi connectivity index (χ3n) is 2.64. The molecule has 0 bridgehead atoms. The van der Waals surface area contributed by atoms with Gasteiger partial charge in [0.05, 0.1) is 19.7 Å². The first kappa shape index (κ1) is 11.2. The molecule has 0 aromatic heterocycles. The van der Waals surface area contributed by atoms with Crippen LogP contribution in [-0.2, 0) is 14.3 Å². The van der Waals surface area contributed by atoms with Gasteiger partial charge in [-0.2, -0.15) is 0 Å². The van der Waals surface area contributed by atoms with Crippen molar-refractivity contribution in [3.63, 3.8) is 0 Å². The SMILES string of the molecule is COC(=O)CN1CCCCC1C(C)=O. The summed E-state index contributed by atoms with van der Waals surface area (Å²) in [6.07, 6.45) is 3.00. The summed E-state index contributed by atoms with van der Waals surface area (Å²) in [6, 6.07) is -0.0807. The van der Waals surface area contributed by atoms with Crippen LogP contribution in [0.25, 0.3) is 0 Å². The van der Waals surface area contributed by atoms with Crippen LogP contribution < -0.4 is 0 Å². The number of esters is 1. The summed E-state index contributed by atoms with van der Waals surface area (Å²) in [5.74, 6) is -0.119. The zero-order valence-corrected chi connectivity index (χ0v) is 8.78. The monoisotopic (exact) mass is 199 g/mol. The molecule has 1 fully saturated rings. The highest BCUT2D eigenvalue weighted by Gasteiger charge is 2.27. The molecule has 1 heterocycles. The summed E-state index contributed by atoms with van der Waals surface area (Å²) in [5.41, 5.74) is 0. The first-order valence-electron chi connectivity index (χ1n) is 4.96. The first-order chi connectivity index (χ1) is 6.65. The van der Waals surface area contributed by atoms with E-state index < -0.39 is 0 Å². The van der Waals surface area contributed by atoms with Crippen molar-refractivity contribution < 1.29 is 14.3 Å². The van der Waals surface area contributed by atoms with Gasteiger partial charge in [0.1, 0.15) is 5.78 Å². The van der Waals surface area contributed by atoms with Crippen LogP contribution in [0, 0.1) is 0 Å². The second-order valence-electron chi connectivity index (χ2n) is 3.67. The summed E-state index contributed by atoms with van der Waals surface area (Å²) in [4.78, 5) is 24.3. The lowest BCUT2D eigenvalue weighted by molar-refractivity contribution is -0.143. The number of likely N-dealkylation sites (tertiary alicyclic amines) is 1. The van der Waals surface area contributed by atoms with E-state index in [1.807, 2.05) is 4.90 Å². The van der Waals surface area contributed by atoms with E-state index in [0.29, 0.717) is 0 Å². The molecule has 0 aliphatic carbocycles. The van der Waals surface area contributed by atoms with Crippen LogP contribution >= 0.6 is 0 Å². The summed E-state index contributed by atoms with van der Waals surface area (Å²) in [7, 11) is 1.37. The van der Waals surface area contributed by atoms with Crippen LogP contribution in [0.3, 0.4) is 0 Å². The average molecular weight is 199 g/mol. The normalized spacial score (nSPS) is 23.1. The van der Waals surface area contributed by atoms with Gasteiger partial charge in [-0.25, -0.2) is 0 Å². The fourth-order valence-electron chi connectivity index (χ4n) is 1.87. The minimum atomic E-state index is -0.266. The molecule has 0 aromatic carbocycles. The van der Waals surface area contributed by atoms with Gasteiger partial charge >= 0.3 is 5.97 Å². The van der Waals surface area contributed by atoms with Crippen molar-refractivity contribution in [2.24, 2.45) is 0 Å². The molecule has 0 aromatic rings. The lowest BCUT2D eigenvalue weighted by Gasteiger charge is -2.32. The van der Waals surface area contributed by atoms with Crippen LogP contribution in [0.2, 0.25) is 0 Å². The number of carbonyl (C=O) groups excluding carboxylic acids is 2. The Labute approximate surface area is 84.2 Å². The Morgan fingerprint density at radius 3 is 2.71 bits per heavy atom. The number of ketones is 1. The fraction of sp³-hybridized carbons (Fsp3) is 0.800. The van der Waals surface area contributed by atoms with Crippen LogP contribution in [0.4, 0.5) is 0 Å². The highest BCUT2D eigenvalue weighted by Crippen LogP contribution is 2.17. The van der Waals surface area contributed by atoms with Crippen molar-refractivity contribution in [1.82, 2.24) is 4.90 Å². The van der Waals surface area contributed by atoms with Crippen LogP contribution in [0.5, 0.6) is 0 Å². The summed E-state index contributed by atoms with van der Waals surface area (Å²) < 4.78 is 4.59. The van der Waals surface area contributed by atoms with Gasteiger partial charge in [-0.1, -0.05) is 6.42 Å². The Bertz CT molecular complexity index is 227. The quantitative estimate of drug-likeness (QED) is 0.624. The maximum Gasteiger partial charge on any atom is 0.319 e. The maximum absolute atomic E-state index is 11.3. The molecule has 4 nitrogen and oxygen atoms in total. The van der Waals surface area contributed by atoms with E-state index in [1.54, 1.807) is 6.92 Å². The van der Waals surface area contributed by atoms with E-state index in [2.05, 4.69) is 4.74 Å². The predicted molar refractivity (Wildman–Crippen MR) is 51.9 cm³/mol. The van der Waals surface area contributed by atoms with Gasteiger partial charge in [-0.3, -0.25) is 14.5 Å². The van der Waals surface area contributed by atoms with Gasteiger partial charge in [0.25, 0.3) is 0 Å². The number of hydrogen-bond acceptors (Lipinski definition) is 4. The molecule has 1 aliphatic heterocycles. The van der Waals surface area contributed by atoms with Gasteiger partial charge in [0, 0.05) is 0 Å². The second kappa shape index (κ2) is 5.10. The molecule has 0 spiro atoms. The zero-order chi connectivity index (χ0) is 10.6. The van der Waals surface area contributed by atoms with E-state index in [0.717, 1.165) is 25.8 Å². The van der Waals surface area contributed by atoms with Gasteiger partial charge in [0.15, 0.2) is 0 Å². The molecule has 0 N–H and O–H groups in total. The number of ether oxygens (including phenoxy) is 1. The second-order valence-corrected chi connectivity index (χ2v) is 3.67. The lowest BCUT2D eigenvalue weighted by atomic mass is 9.99. The molecule has 14 heavy (non-hydrogen) atoms. The molecule has 1 unspecified atom stereocenters. The van der Waals surface area contributed by atoms with E-state index >= 15 is 0 Å². The third kappa shape index (κ3) is 2.80. The molecule has 1 saturated heterocycles. The topological polar surface area (TPSA) is 46.6 Å². The fourth-order valence-corrected chi connectivity index (χ4v) is 1.87. The molecule has 4 heteroatoms. The van der Waals surface area contributed by atoms with Crippen molar-refractivity contribution in [2.75, 3.05) is 20.2 Å². The van der Waals surface area contributed by atoms with E-state index in [4.69, 9.17) is 0 Å². The van der Waals surface area contributed by atoms with Gasteiger partial charge in [-0.15, -0.1) is 0 Å². The van der Waals surface area contributed by atoms with E-state index in [9.17, 15) is 9.59 Å². The minimum absolute atomic E-state index is 0.0807. The Balaban J connectivity index is 2.54. The largest absolute Gasteiger partial charge is 0.468 e. The van der Waals surface area contributed by atoms with E-state index in [-0.39, 0.29) is 24.3 Å². The smallest absolute Gasteiger partial charge is 0.319 e. The molecule has 1 atom stereocenters. The molecule has 1 aliphatic rings. The van der Waals surface area contributed by atoms with Gasteiger partial charge in [0.2, 0.25) is 0 Å². The lowest BCUT2D eigenvalue weighted by Crippen LogP contribution is -2.46. The van der Waals surface area contributed by atoms with Crippen molar-refractivity contribution in [1.29, 1.82) is 0 Å². The van der Waals surface area contributed by atoms with Crippen molar-refractivity contribution in [3.8, 4) is 0 Å². The standard InChI is InChI=1S/C10H17NO3/c1-8(12)9-5-3-4-6-11(9)7-10(13)14-2/h9H,3-7H2,1-2H3. The number of methoxy groups -OCH3 is 1. The zero-order valence-electron chi connectivity index (χ0n) is 8.78. The van der Waals surface area contributed by atoms with Crippen LogP contribution in [0.15, 0.2) is 0 Å². The average Bonchev–Trinajstić information content (AvgIpc) is 2.18. The number of hydrogen-bond donors (Lipinski definition) is 0. The Morgan fingerprint density at radius 1 is 1.43 bits per heavy atom. The maximum atomic E-state index is 11.3. The number of piperidine rings is 1. The van der Waals surface area contributed by atoms with Crippen molar-refractivity contribution >= 4 is 11.8 Å². The first-order valence-corrected chi connectivity index (χ1v) is 4.96. The molecule has 0 saturated carbocycles. The van der Waals surface area contributed by atoms with Crippen LogP contribution in [0.1, 0.15) is 26.2 Å². The minimum Gasteiger partial charge on any atom is -0.468 e. The van der Waals surface area contributed by atoms with E-state index in [1.165, 1.54) is 7.11 Å². The third-order valence-corrected chi connectivity index (χ3v) is 2.64. The number of carbonyl (C=O) groups is 2. The predicted octanol–water partition coefficient (Wildman–Crippen LogP) is 0.603. The molecule has 80 valence electrons. The van der Waals surface area contributed by atoms with Gasteiger partial charge < -0.3 is 4.74 Å². The summed E-state index contributed by atoms with van der Waals surface area (Å²) in [5, 5.41) is 0. The number of nitrogens with zero attached hydrogens (tertiary/aromatic N) is 1. The summed E-state index contributed by atoms with van der Waals surface area (Å²) >= 11 is 0. The molecule has 0 amide bonds. The van der Waals surface area contributed by atoms with Gasteiger partial charge in [-0.05, 0) is 26.3 Å². The molecular formula is C10H17NO3. The Kier molecular flexibility index (Phi) is 4.07. The van der Waals surface area contributed by atoms with Crippen molar-refractivity contribution in [3.05, 3.63) is 0 Å². The highest BCUT2D eigenvalue weighted by atomic mass is 16.5. The van der Waals surface area contributed by atoms with Crippen molar-refractivity contribution in [2.45, 2.75) is 32.2 Å². The summed E-state index contributed by atoms with van der Waals surface area (Å²) in [6.45, 7) is 2.64. The number of Topliss-reactive ketones (excluding diaryl/α,β-unsaturated/α-hetero) is 1. The molecule has 1 rings (SSSR count). The Morgan fingerprint density at radius 2 is 2.14 bits per heavy atom. The Hall–Kier alpha value is -0.900.